The van der Waals surface area contributed by atoms with E-state index in [1.54, 1.807) is 25.3 Å². The van der Waals surface area contributed by atoms with Gasteiger partial charge in [0.05, 0.1) is 18.4 Å². The van der Waals surface area contributed by atoms with Crippen molar-refractivity contribution in [1.82, 2.24) is 15.2 Å². The third-order valence-corrected chi connectivity index (χ3v) is 5.68. The summed E-state index contributed by atoms with van der Waals surface area (Å²) in [6.45, 7) is 0.745. The Labute approximate surface area is 172 Å². The minimum atomic E-state index is 0.0591. The number of ether oxygens (including phenoxy) is 1. The molecular formula is C20H19ClN4O2S. The third-order valence-electron chi connectivity index (χ3n) is 4.62. The van der Waals surface area contributed by atoms with Gasteiger partial charge in [-0.25, -0.2) is 4.98 Å². The number of H-pyrrole nitrogens is 1. The summed E-state index contributed by atoms with van der Waals surface area (Å²) in [4.78, 5) is 19.1. The van der Waals surface area contributed by atoms with Gasteiger partial charge in [0.1, 0.15) is 5.75 Å². The Kier molecular flexibility index (Phi) is 5.54. The van der Waals surface area contributed by atoms with E-state index in [9.17, 15) is 4.79 Å². The van der Waals surface area contributed by atoms with Gasteiger partial charge in [-0.05, 0) is 42.7 Å². The van der Waals surface area contributed by atoms with Gasteiger partial charge in [-0.1, -0.05) is 41.6 Å². The molecule has 0 unspecified atom stereocenters. The van der Waals surface area contributed by atoms with E-state index in [-0.39, 0.29) is 11.7 Å². The molecule has 0 spiro atoms. The minimum absolute atomic E-state index is 0.0591. The van der Waals surface area contributed by atoms with Gasteiger partial charge in [-0.15, -0.1) is 5.10 Å². The molecule has 6 nitrogen and oxygen atoms in total. The smallest absolute Gasteiger partial charge is 0.237 e. The van der Waals surface area contributed by atoms with Crippen LogP contribution in [0.2, 0.25) is 5.02 Å². The van der Waals surface area contributed by atoms with Crippen molar-refractivity contribution in [2.45, 2.75) is 18.0 Å². The van der Waals surface area contributed by atoms with Crippen LogP contribution in [-0.4, -0.2) is 40.5 Å². The van der Waals surface area contributed by atoms with Gasteiger partial charge >= 0.3 is 0 Å². The Hall–Kier alpha value is -2.51. The summed E-state index contributed by atoms with van der Waals surface area (Å²) in [5, 5.41) is 8.21. The predicted octanol–water partition coefficient (Wildman–Crippen LogP) is 4.21. The van der Waals surface area contributed by atoms with Gasteiger partial charge in [-0.2, -0.15) is 0 Å². The van der Waals surface area contributed by atoms with Crippen LogP contribution < -0.4 is 9.64 Å². The zero-order valence-corrected chi connectivity index (χ0v) is 16.9. The highest BCUT2D eigenvalue weighted by atomic mass is 35.5. The molecule has 1 aromatic heterocycles. The average Bonchev–Trinajstić information content (AvgIpc) is 3.20. The Morgan fingerprint density at radius 2 is 2.18 bits per heavy atom. The molecule has 28 heavy (non-hydrogen) atoms. The highest BCUT2D eigenvalue weighted by molar-refractivity contribution is 7.99. The largest absolute Gasteiger partial charge is 0.496 e. The topological polar surface area (TPSA) is 71.1 Å². The van der Waals surface area contributed by atoms with E-state index in [0.29, 0.717) is 21.8 Å². The standard InChI is InChI=1S/C20H19ClN4O2S/c1-27-17-9-8-14(21)11-15(17)19-22-20(24-23-19)28-12-18(26)25-10-4-6-13-5-2-3-7-16(13)25/h2-3,5,7-9,11H,4,6,10,12H2,1H3,(H,22,23,24). The Morgan fingerprint density at radius 3 is 3.04 bits per heavy atom. The van der Waals surface area contributed by atoms with Crippen LogP contribution >= 0.6 is 23.4 Å². The summed E-state index contributed by atoms with van der Waals surface area (Å²) in [6, 6.07) is 13.4. The normalized spacial score (nSPS) is 13.3. The number of amides is 1. The maximum atomic E-state index is 12.8. The van der Waals surface area contributed by atoms with E-state index in [1.807, 2.05) is 23.1 Å². The summed E-state index contributed by atoms with van der Waals surface area (Å²) >= 11 is 7.40. The molecule has 1 N–H and O–H groups in total. The molecule has 144 valence electrons. The highest BCUT2D eigenvalue weighted by Gasteiger charge is 2.22. The van der Waals surface area contributed by atoms with Crippen molar-refractivity contribution in [3.05, 3.63) is 53.1 Å². The van der Waals surface area contributed by atoms with E-state index in [2.05, 4.69) is 21.2 Å². The number of halogens is 1. The Morgan fingerprint density at radius 1 is 1.32 bits per heavy atom. The number of anilines is 1. The molecule has 0 bridgehead atoms. The number of carbonyl (C=O) groups is 1. The fourth-order valence-corrected chi connectivity index (χ4v) is 4.14. The number of fused-ring (bicyclic) bond motifs is 1. The molecular weight excluding hydrogens is 396 g/mol. The zero-order valence-electron chi connectivity index (χ0n) is 15.3. The summed E-state index contributed by atoms with van der Waals surface area (Å²) in [5.41, 5.74) is 2.96. The summed E-state index contributed by atoms with van der Waals surface area (Å²) in [6.07, 6.45) is 1.99. The third kappa shape index (κ3) is 3.86. The number of thioether (sulfide) groups is 1. The number of methoxy groups -OCH3 is 1. The monoisotopic (exact) mass is 414 g/mol. The Balaban J connectivity index is 1.46. The fourth-order valence-electron chi connectivity index (χ4n) is 3.29. The molecule has 0 radical (unpaired) electrons. The number of hydrogen-bond acceptors (Lipinski definition) is 5. The van der Waals surface area contributed by atoms with Gasteiger partial charge < -0.3 is 9.64 Å². The van der Waals surface area contributed by atoms with Crippen LogP contribution in [0, 0.1) is 0 Å². The van der Waals surface area contributed by atoms with Crippen LogP contribution in [-0.2, 0) is 11.2 Å². The number of aromatic amines is 1. The number of nitrogens with one attached hydrogen (secondary N) is 1. The van der Waals surface area contributed by atoms with Crippen molar-refractivity contribution >= 4 is 35.0 Å². The molecule has 8 heteroatoms. The number of nitrogens with zero attached hydrogens (tertiary/aromatic N) is 3. The van der Waals surface area contributed by atoms with Gasteiger partial charge in [0, 0.05) is 17.3 Å². The molecule has 0 saturated heterocycles. The maximum Gasteiger partial charge on any atom is 0.237 e. The van der Waals surface area contributed by atoms with Crippen molar-refractivity contribution in [3.63, 3.8) is 0 Å². The second-order valence-electron chi connectivity index (χ2n) is 6.38. The number of aryl methyl sites for hydroxylation is 1. The number of rotatable bonds is 5. The lowest BCUT2D eigenvalue weighted by Gasteiger charge is -2.29. The zero-order chi connectivity index (χ0) is 19.5. The molecule has 0 fully saturated rings. The molecule has 1 aliphatic rings. The molecule has 1 amide bonds. The first-order valence-electron chi connectivity index (χ1n) is 8.93. The van der Waals surface area contributed by atoms with Crippen molar-refractivity contribution in [3.8, 4) is 17.1 Å². The quantitative estimate of drug-likeness (QED) is 0.633. The summed E-state index contributed by atoms with van der Waals surface area (Å²) in [5.74, 6) is 1.54. The predicted molar refractivity (Wildman–Crippen MR) is 111 cm³/mol. The van der Waals surface area contributed by atoms with E-state index in [0.717, 1.165) is 30.6 Å². The van der Waals surface area contributed by atoms with E-state index >= 15 is 0 Å². The van der Waals surface area contributed by atoms with Crippen molar-refractivity contribution in [2.75, 3.05) is 24.3 Å². The van der Waals surface area contributed by atoms with Gasteiger partial charge in [0.15, 0.2) is 5.82 Å². The lowest BCUT2D eigenvalue weighted by Crippen LogP contribution is -2.36. The van der Waals surface area contributed by atoms with Crippen LogP contribution in [0.4, 0.5) is 5.69 Å². The molecule has 0 saturated carbocycles. The first kappa shape index (κ1) is 18.8. The van der Waals surface area contributed by atoms with E-state index in [1.165, 1.54) is 17.3 Å². The summed E-state index contributed by atoms with van der Waals surface area (Å²) < 4.78 is 5.36. The van der Waals surface area contributed by atoms with Gasteiger partial charge in [-0.3, -0.25) is 9.89 Å². The fraction of sp³-hybridized carbons (Fsp3) is 0.250. The number of benzene rings is 2. The number of para-hydroxylation sites is 1. The molecule has 0 aliphatic carbocycles. The van der Waals surface area contributed by atoms with Crippen LogP contribution in [0.25, 0.3) is 11.4 Å². The number of hydrogen-bond donors (Lipinski definition) is 1. The first-order valence-corrected chi connectivity index (χ1v) is 10.3. The van der Waals surface area contributed by atoms with Crippen LogP contribution in [0.1, 0.15) is 12.0 Å². The van der Waals surface area contributed by atoms with Gasteiger partial charge in [0.25, 0.3) is 0 Å². The lowest BCUT2D eigenvalue weighted by atomic mass is 10.0. The highest BCUT2D eigenvalue weighted by Crippen LogP contribution is 2.32. The lowest BCUT2D eigenvalue weighted by molar-refractivity contribution is -0.116. The average molecular weight is 415 g/mol. The van der Waals surface area contributed by atoms with Crippen LogP contribution in [0.5, 0.6) is 5.75 Å². The molecule has 0 atom stereocenters. The maximum absolute atomic E-state index is 12.8. The number of carbonyl (C=O) groups excluding carboxylic acids is 1. The number of aromatic nitrogens is 3. The van der Waals surface area contributed by atoms with E-state index < -0.39 is 0 Å². The second kappa shape index (κ2) is 8.24. The molecule has 3 aromatic rings. The van der Waals surface area contributed by atoms with E-state index in [4.69, 9.17) is 16.3 Å². The molecule has 2 aromatic carbocycles. The first-order chi connectivity index (χ1) is 13.7. The summed E-state index contributed by atoms with van der Waals surface area (Å²) in [7, 11) is 1.59. The molecule has 4 rings (SSSR count). The van der Waals surface area contributed by atoms with Crippen molar-refractivity contribution in [1.29, 1.82) is 0 Å². The van der Waals surface area contributed by atoms with Crippen molar-refractivity contribution < 1.29 is 9.53 Å². The second-order valence-corrected chi connectivity index (χ2v) is 7.76. The SMILES string of the molecule is COc1ccc(Cl)cc1-c1nc(SCC(=O)N2CCCc3ccccc32)n[nH]1. The molecule has 2 heterocycles. The molecule has 1 aliphatic heterocycles. The minimum Gasteiger partial charge on any atom is -0.496 e. The van der Waals surface area contributed by atoms with Crippen molar-refractivity contribution in [2.24, 2.45) is 0 Å². The van der Waals surface area contributed by atoms with Crippen LogP contribution in [0.3, 0.4) is 0 Å². The Bertz CT molecular complexity index is 1010. The van der Waals surface area contributed by atoms with Crippen LogP contribution in [0.15, 0.2) is 47.6 Å². The van der Waals surface area contributed by atoms with Gasteiger partial charge in [0.2, 0.25) is 11.1 Å².